The minimum Gasteiger partial charge on any atom is -0.355 e. The Balaban J connectivity index is 2.00. The molecule has 1 aromatic rings. The second-order valence-electron chi connectivity index (χ2n) is 5.62. The zero-order valence-corrected chi connectivity index (χ0v) is 13.4. The van der Waals surface area contributed by atoms with Gasteiger partial charge in [0.25, 0.3) is 5.91 Å². The molecule has 0 saturated heterocycles. The van der Waals surface area contributed by atoms with Gasteiger partial charge in [0, 0.05) is 18.8 Å². The predicted molar refractivity (Wildman–Crippen MR) is 88.0 cm³/mol. The SMILES string of the molecule is CNC(=O)c1cc(NC(=O)N[C@H](C)C2=CCCCC2)ccc1F. The Kier molecular flexibility index (Phi) is 5.73. The summed E-state index contributed by atoms with van der Waals surface area (Å²) in [7, 11) is 1.42. The molecule has 1 atom stereocenters. The molecule has 0 heterocycles. The van der Waals surface area contributed by atoms with Crippen molar-refractivity contribution in [2.24, 2.45) is 0 Å². The fourth-order valence-electron chi connectivity index (χ4n) is 2.62. The van der Waals surface area contributed by atoms with Crippen molar-refractivity contribution in [3.05, 3.63) is 41.2 Å². The highest BCUT2D eigenvalue weighted by Crippen LogP contribution is 2.20. The average Bonchev–Trinajstić information content (AvgIpc) is 2.56. The van der Waals surface area contributed by atoms with Gasteiger partial charge in [0.1, 0.15) is 5.82 Å². The van der Waals surface area contributed by atoms with Crippen LogP contribution in [0.3, 0.4) is 0 Å². The first-order valence-corrected chi connectivity index (χ1v) is 7.79. The van der Waals surface area contributed by atoms with Gasteiger partial charge in [0.15, 0.2) is 0 Å². The molecule has 6 heteroatoms. The molecule has 3 N–H and O–H groups in total. The Hall–Kier alpha value is -2.37. The quantitative estimate of drug-likeness (QED) is 0.746. The number of hydrogen-bond acceptors (Lipinski definition) is 2. The van der Waals surface area contributed by atoms with E-state index in [2.05, 4.69) is 22.0 Å². The van der Waals surface area contributed by atoms with Crippen molar-refractivity contribution in [1.82, 2.24) is 10.6 Å². The number of carbonyl (C=O) groups excluding carboxylic acids is 2. The molecule has 1 aliphatic carbocycles. The number of allylic oxidation sites excluding steroid dienone is 1. The first-order valence-electron chi connectivity index (χ1n) is 7.79. The number of urea groups is 1. The van der Waals surface area contributed by atoms with E-state index in [1.165, 1.54) is 31.2 Å². The summed E-state index contributed by atoms with van der Waals surface area (Å²) < 4.78 is 13.6. The van der Waals surface area contributed by atoms with E-state index in [0.29, 0.717) is 5.69 Å². The molecule has 3 amide bonds. The van der Waals surface area contributed by atoms with Gasteiger partial charge in [-0.25, -0.2) is 9.18 Å². The zero-order chi connectivity index (χ0) is 16.8. The van der Waals surface area contributed by atoms with Crippen molar-refractivity contribution >= 4 is 17.6 Å². The van der Waals surface area contributed by atoms with Gasteiger partial charge in [0.05, 0.1) is 5.56 Å². The highest BCUT2D eigenvalue weighted by atomic mass is 19.1. The van der Waals surface area contributed by atoms with Crippen molar-refractivity contribution < 1.29 is 14.0 Å². The van der Waals surface area contributed by atoms with Crippen molar-refractivity contribution in [2.75, 3.05) is 12.4 Å². The van der Waals surface area contributed by atoms with E-state index in [0.717, 1.165) is 25.3 Å². The molecule has 23 heavy (non-hydrogen) atoms. The Bertz CT molecular complexity index is 628. The highest BCUT2D eigenvalue weighted by Gasteiger charge is 2.15. The van der Waals surface area contributed by atoms with Gasteiger partial charge in [-0.15, -0.1) is 0 Å². The smallest absolute Gasteiger partial charge is 0.319 e. The first kappa shape index (κ1) is 17.0. The molecule has 0 aliphatic heterocycles. The van der Waals surface area contributed by atoms with Crippen LogP contribution in [0.5, 0.6) is 0 Å². The third-order valence-electron chi connectivity index (χ3n) is 3.93. The summed E-state index contributed by atoms with van der Waals surface area (Å²) in [6.45, 7) is 1.94. The van der Waals surface area contributed by atoms with E-state index >= 15 is 0 Å². The van der Waals surface area contributed by atoms with Crippen LogP contribution in [0.4, 0.5) is 14.9 Å². The lowest BCUT2D eigenvalue weighted by Gasteiger charge is -2.21. The summed E-state index contributed by atoms with van der Waals surface area (Å²) in [5, 5.41) is 7.86. The molecular weight excluding hydrogens is 297 g/mol. The topological polar surface area (TPSA) is 70.2 Å². The Morgan fingerprint density at radius 2 is 2.04 bits per heavy atom. The maximum absolute atomic E-state index is 13.6. The molecule has 0 fully saturated rings. The normalized spacial score (nSPS) is 15.3. The van der Waals surface area contributed by atoms with Crippen LogP contribution >= 0.6 is 0 Å². The van der Waals surface area contributed by atoms with E-state index in [1.54, 1.807) is 0 Å². The third-order valence-corrected chi connectivity index (χ3v) is 3.93. The molecule has 1 aromatic carbocycles. The summed E-state index contributed by atoms with van der Waals surface area (Å²) in [5.41, 5.74) is 1.50. The van der Waals surface area contributed by atoms with Crippen LogP contribution in [0.25, 0.3) is 0 Å². The second kappa shape index (κ2) is 7.76. The van der Waals surface area contributed by atoms with Gasteiger partial charge in [0.2, 0.25) is 0 Å². The van der Waals surface area contributed by atoms with E-state index in [1.807, 2.05) is 6.92 Å². The van der Waals surface area contributed by atoms with Crippen LogP contribution in [0, 0.1) is 5.82 Å². The number of halogens is 1. The van der Waals surface area contributed by atoms with Gasteiger partial charge >= 0.3 is 6.03 Å². The molecule has 0 saturated carbocycles. The standard InChI is InChI=1S/C17H22FN3O2/c1-11(12-6-4-3-5-7-12)20-17(23)21-13-8-9-15(18)14(10-13)16(22)19-2/h6,8-11H,3-5,7H2,1-2H3,(H,19,22)(H2,20,21,23)/t11-/m1/s1. The summed E-state index contributed by atoms with van der Waals surface area (Å²) in [5.74, 6) is -1.16. The third kappa shape index (κ3) is 4.55. The van der Waals surface area contributed by atoms with Gasteiger partial charge < -0.3 is 16.0 Å². The zero-order valence-electron chi connectivity index (χ0n) is 13.4. The molecule has 5 nitrogen and oxygen atoms in total. The van der Waals surface area contributed by atoms with E-state index < -0.39 is 11.7 Å². The van der Waals surface area contributed by atoms with Crippen molar-refractivity contribution in [2.45, 2.75) is 38.6 Å². The average molecular weight is 319 g/mol. The maximum atomic E-state index is 13.6. The van der Waals surface area contributed by atoms with Crippen LogP contribution in [0.2, 0.25) is 0 Å². The van der Waals surface area contributed by atoms with Gasteiger partial charge in [-0.1, -0.05) is 11.6 Å². The molecule has 2 rings (SSSR count). The number of carbonyl (C=O) groups is 2. The molecular formula is C17H22FN3O2. The molecule has 124 valence electrons. The van der Waals surface area contributed by atoms with Gasteiger partial charge in [-0.2, -0.15) is 0 Å². The number of amides is 3. The Morgan fingerprint density at radius 1 is 1.26 bits per heavy atom. The van der Waals surface area contributed by atoms with Crippen molar-refractivity contribution in [3.63, 3.8) is 0 Å². The largest absolute Gasteiger partial charge is 0.355 e. The lowest BCUT2D eigenvalue weighted by molar-refractivity contribution is 0.0959. The number of nitrogens with one attached hydrogen (secondary N) is 3. The monoisotopic (exact) mass is 319 g/mol. The fourth-order valence-corrected chi connectivity index (χ4v) is 2.62. The maximum Gasteiger partial charge on any atom is 0.319 e. The predicted octanol–water partition coefficient (Wildman–Crippen LogP) is 3.20. The minimum absolute atomic E-state index is 0.0471. The van der Waals surface area contributed by atoms with Gasteiger partial charge in [-0.05, 0) is 50.8 Å². The highest BCUT2D eigenvalue weighted by molar-refractivity contribution is 5.97. The van der Waals surface area contributed by atoms with Crippen LogP contribution in [0.1, 0.15) is 43.0 Å². The summed E-state index contributed by atoms with van der Waals surface area (Å²) in [6, 6.07) is 3.48. The summed E-state index contributed by atoms with van der Waals surface area (Å²) in [4.78, 5) is 23.6. The molecule has 0 unspecified atom stereocenters. The summed E-state index contributed by atoms with van der Waals surface area (Å²) in [6.07, 6.45) is 6.57. The van der Waals surface area contributed by atoms with Crippen LogP contribution in [0.15, 0.2) is 29.8 Å². The molecule has 0 spiro atoms. The number of benzene rings is 1. The van der Waals surface area contributed by atoms with Crippen molar-refractivity contribution in [3.8, 4) is 0 Å². The van der Waals surface area contributed by atoms with Crippen LogP contribution in [-0.4, -0.2) is 25.0 Å². The second-order valence-corrected chi connectivity index (χ2v) is 5.62. The van der Waals surface area contributed by atoms with Crippen molar-refractivity contribution in [1.29, 1.82) is 0 Å². The van der Waals surface area contributed by atoms with Crippen LogP contribution < -0.4 is 16.0 Å². The molecule has 0 bridgehead atoms. The van der Waals surface area contributed by atoms with E-state index in [-0.39, 0.29) is 17.6 Å². The number of hydrogen-bond donors (Lipinski definition) is 3. The number of anilines is 1. The minimum atomic E-state index is -0.629. The fraction of sp³-hybridized carbons (Fsp3) is 0.412. The molecule has 1 aliphatic rings. The summed E-state index contributed by atoms with van der Waals surface area (Å²) >= 11 is 0. The molecule has 0 aromatic heterocycles. The lowest BCUT2D eigenvalue weighted by Crippen LogP contribution is -2.37. The number of rotatable bonds is 4. The lowest BCUT2D eigenvalue weighted by atomic mass is 9.95. The van der Waals surface area contributed by atoms with E-state index in [4.69, 9.17) is 0 Å². The Morgan fingerprint density at radius 3 is 2.70 bits per heavy atom. The molecule has 0 radical (unpaired) electrons. The van der Waals surface area contributed by atoms with Gasteiger partial charge in [-0.3, -0.25) is 4.79 Å². The van der Waals surface area contributed by atoms with E-state index in [9.17, 15) is 14.0 Å². The van der Waals surface area contributed by atoms with Crippen LogP contribution in [-0.2, 0) is 0 Å². The first-order chi connectivity index (χ1) is 11.0. The Labute approximate surface area is 135 Å².